The summed E-state index contributed by atoms with van der Waals surface area (Å²) in [7, 11) is -2.41. The van der Waals surface area contributed by atoms with Gasteiger partial charge in [-0.3, -0.25) is 18.7 Å². The van der Waals surface area contributed by atoms with Crippen LogP contribution in [0.2, 0.25) is 0 Å². The number of carbonyl (C=O) groups is 3. The van der Waals surface area contributed by atoms with E-state index < -0.39 is 34.1 Å². The van der Waals surface area contributed by atoms with Gasteiger partial charge in [0.05, 0.1) is 19.1 Å². The van der Waals surface area contributed by atoms with Crippen LogP contribution in [0.25, 0.3) is 0 Å². The summed E-state index contributed by atoms with van der Waals surface area (Å²) < 4.78 is 32.3. The van der Waals surface area contributed by atoms with E-state index >= 15 is 0 Å². The van der Waals surface area contributed by atoms with E-state index in [2.05, 4.69) is 5.32 Å². The van der Waals surface area contributed by atoms with Crippen molar-refractivity contribution in [3.05, 3.63) is 95.6 Å². The number of rotatable bonds is 12. The molecule has 9 nitrogen and oxygen atoms in total. The summed E-state index contributed by atoms with van der Waals surface area (Å²) in [6.45, 7) is 6.39. The molecule has 0 bridgehead atoms. The topological polar surface area (TPSA) is 113 Å². The highest BCUT2D eigenvalue weighted by Gasteiger charge is 2.34. The fourth-order valence-corrected chi connectivity index (χ4v) is 5.31. The maximum absolute atomic E-state index is 14.2. The average molecular weight is 594 g/mol. The highest BCUT2D eigenvalue weighted by molar-refractivity contribution is 7.92. The number of hydrogen-bond acceptors (Lipinski definition) is 6. The number of benzene rings is 3. The fraction of sp³-hybridized carbons (Fsp3) is 0.344. The molecule has 3 rings (SSSR count). The number of nitrogens with zero attached hydrogens (tertiary/aromatic N) is 2. The van der Waals surface area contributed by atoms with Crippen molar-refractivity contribution >= 4 is 33.3 Å². The zero-order valence-electron chi connectivity index (χ0n) is 25.0. The molecule has 1 N–H and O–H groups in total. The Morgan fingerprint density at radius 2 is 1.55 bits per heavy atom. The lowest BCUT2D eigenvalue weighted by molar-refractivity contribution is -0.140. The molecule has 0 saturated heterocycles. The predicted octanol–water partition coefficient (Wildman–Crippen LogP) is 4.22. The first kappa shape index (κ1) is 32.3. The van der Waals surface area contributed by atoms with Crippen molar-refractivity contribution in [3.8, 4) is 5.75 Å². The smallest absolute Gasteiger partial charge is 0.244 e. The maximum Gasteiger partial charge on any atom is 0.244 e. The molecule has 2 amide bonds. The van der Waals surface area contributed by atoms with Gasteiger partial charge in [0.2, 0.25) is 21.8 Å². The summed E-state index contributed by atoms with van der Waals surface area (Å²) in [5, 5.41) is 2.99. The first-order valence-electron chi connectivity index (χ1n) is 13.5. The number of carbonyl (C=O) groups excluding carboxylic acids is 3. The van der Waals surface area contributed by atoms with Crippen LogP contribution in [-0.2, 0) is 32.6 Å². The van der Waals surface area contributed by atoms with Crippen molar-refractivity contribution in [2.45, 2.75) is 52.2 Å². The van der Waals surface area contributed by atoms with E-state index in [-0.39, 0.29) is 30.3 Å². The van der Waals surface area contributed by atoms with E-state index in [4.69, 9.17) is 4.74 Å². The van der Waals surface area contributed by atoms with Crippen LogP contribution < -0.4 is 14.4 Å². The molecule has 3 aromatic rings. The quantitative estimate of drug-likeness (QED) is 0.315. The molecular formula is C32H39N3O6S. The number of ketones is 1. The second-order valence-electron chi connectivity index (χ2n) is 11.2. The minimum absolute atomic E-state index is 0.0240. The molecule has 1 atom stereocenters. The lowest BCUT2D eigenvalue weighted by atomic mass is 10.0. The van der Waals surface area contributed by atoms with Gasteiger partial charge < -0.3 is 15.0 Å². The normalized spacial score (nSPS) is 12.2. The highest BCUT2D eigenvalue weighted by Crippen LogP contribution is 2.23. The van der Waals surface area contributed by atoms with E-state index in [9.17, 15) is 22.8 Å². The third kappa shape index (κ3) is 9.17. The maximum atomic E-state index is 14.2. The van der Waals surface area contributed by atoms with Crippen LogP contribution in [0.15, 0.2) is 78.9 Å². The molecule has 0 heterocycles. The van der Waals surface area contributed by atoms with Gasteiger partial charge in [-0.1, -0.05) is 54.6 Å². The number of Topliss-reactive ketones (excluding diaryl/α,β-unsaturated/α-hetero) is 1. The minimum Gasteiger partial charge on any atom is -0.497 e. The van der Waals surface area contributed by atoms with Crippen molar-refractivity contribution in [1.82, 2.24) is 10.2 Å². The SMILES string of the molecule is COc1cccc(CN(C(=O)CN(c2cccc(C(C)=O)c2)S(C)(=O)=O)[C@@H](Cc2ccccc2)C(=O)NC(C)(C)C)c1. The molecule has 0 unspecified atom stereocenters. The molecular weight excluding hydrogens is 554 g/mol. The third-order valence-corrected chi connectivity index (χ3v) is 7.62. The number of sulfonamides is 1. The van der Waals surface area contributed by atoms with Gasteiger partial charge in [0.1, 0.15) is 18.3 Å². The van der Waals surface area contributed by atoms with Gasteiger partial charge in [0, 0.05) is 24.1 Å². The molecule has 0 radical (unpaired) electrons. The number of nitrogens with one attached hydrogen (secondary N) is 1. The summed E-state index contributed by atoms with van der Waals surface area (Å²) >= 11 is 0. The average Bonchev–Trinajstić information content (AvgIpc) is 2.92. The van der Waals surface area contributed by atoms with Crippen LogP contribution in [0.5, 0.6) is 5.75 Å². The van der Waals surface area contributed by atoms with Gasteiger partial charge in [-0.25, -0.2) is 8.42 Å². The zero-order chi connectivity index (χ0) is 31.1. The number of hydrogen-bond donors (Lipinski definition) is 1. The van der Waals surface area contributed by atoms with Gasteiger partial charge >= 0.3 is 0 Å². The van der Waals surface area contributed by atoms with E-state index in [0.717, 1.165) is 16.1 Å². The Labute approximate surface area is 248 Å². The minimum atomic E-state index is -3.95. The summed E-state index contributed by atoms with van der Waals surface area (Å²) in [4.78, 5) is 41.4. The molecule has 0 spiro atoms. The zero-order valence-corrected chi connectivity index (χ0v) is 25.8. The van der Waals surface area contributed by atoms with E-state index in [0.29, 0.717) is 16.9 Å². The van der Waals surface area contributed by atoms with Gasteiger partial charge in [-0.2, -0.15) is 0 Å². The Hall–Kier alpha value is -4.18. The molecule has 0 saturated carbocycles. The Bertz CT molecular complexity index is 1520. The lowest BCUT2D eigenvalue weighted by Crippen LogP contribution is -2.56. The Kier molecular flexibility index (Phi) is 10.5. The van der Waals surface area contributed by atoms with Crippen LogP contribution in [0.4, 0.5) is 5.69 Å². The van der Waals surface area contributed by atoms with Crippen LogP contribution >= 0.6 is 0 Å². The van der Waals surface area contributed by atoms with Gasteiger partial charge in [0.25, 0.3) is 0 Å². The Morgan fingerprint density at radius 3 is 2.14 bits per heavy atom. The molecule has 3 aromatic carbocycles. The summed E-state index contributed by atoms with van der Waals surface area (Å²) in [6.07, 6.45) is 1.21. The second-order valence-corrected chi connectivity index (χ2v) is 13.1. The van der Waals surface area contributed by atoms with E-state index in [1.807, 2.05) is 57.2 Å². The van der Waals surface area contributed by atoms with Crippen molar-refractivity contribution in [1.29, 1.82) is 0 Å². The highest BCUT2D eigenvalue weighted by atomic mass is 32.2. The monoisotopic (exact) mass is 593 g/mol. The van der Waals surface area contributed by atoms with Gasteiger partial charge in [-0.15, -0.1) is 0 Å². The summed E-state index contributed by atoms with van der Waals surface area (Å²) in [5.74, 6) is -0.607. The summed E-state index contributed by atoms with van der Waals surface area (Å²) in [5.41, 5.74) is 1.45. The van der Waals surface area contributed by atoms with Gasteiger partial charge in [-0.05, 0) is 63.1 Å². The third-order valence-electron chi connectivity index (χ3n) is 6.48. The van der Waals surface area contributed by atoms with Crippen LogP contribution in [0, 0.1) is 0 Å². The number of methoxy groups -OCH3 is 1. The molecule has 224 valence electrons. The van der Waals surface area contributed by atoms with Gasteiger partial charge in [0.15, 0.2) is 5.78 Å². The predicted molar refractivity (Wildman–Crippen MR) is 164 cm³/mol. The van der Waals surface area contributed by atoms with E-state index in [1.165, 1.54) is 31.1 Å². The molecule has 10 heteroatoms. The molecule has 0 aliphatic carbocycles. The van der Waals surface area contributed by atoms with Crippen LogP contribution in [0.1, 0.15) is 49.2 Å². The second kappa shape index (κ2) is 13.7. The molecule has 0 aliphatic heterocycles. The van der Waals surface area contributed by atoms with Crippen molar-refractivity contribution in [2.24, 2.45) is 0 Å². The largest absolute Gasteiger partial charge is 0.497 e. The molecule has 0 fully saturated rings. The summed E-state index contributed by atoms with van der Waals surface area (Å²) in [6, 6.07) is 21.6. The fourth-order valence-electron chi connectivity index (χ4n) is 4.47. The van der Waals surface area contributed by atoms with Crippen molar-refractivity contribution in [3.63, 3.8) is 0 Å². The first-order valence-corrected chi connectivity index (χ1v) is 15.4. The van der Waals surface area contributed by atoms with Crippen molar-refractivity contribution in [2.75, 3.05) is 24.2 Å². The molecule has 0 aromatic heterocycles. The lowest BCUT2D eigenvalue weighted by Gasteiger charge is -2.35. The number of ether oxygens (including phenoxy) is 1. The first-order chi connectivity index (χ1) is 19.7. The van der Waals surface area contributed by atoms with E-state index in [1.54, 1.807) is 30.3 Å². The number of anilines is 1. The molecule has 42 heavy (non-hydrogen) atoms. The Morgan fingerprint density at radius 1 is 0.905 bits per heavy atom. The van der Waals surface area contributed by atoms with Crippen LogP contribution in [0.3, 0.4) is 0 Å². The van der Waals surface area contributed by atoms with Crippen molar-refractivity contribution < 1.29 is 27.5 Å². The van der Waals surface area contributed by atoms with Crippen LogP contribution in [-0.4, -0.2) is 62.4 Å². The Balaban J connectivity index is 2.11. The standard InChI is InChI=1S/C32H39N3O6S/c1-23(36)26-15-11-16-27(20-26)35(42(6,39)40)22-30(37)34(21-25-14-10-17-28(18-25)41-5)29(31(38)33-32(2,3)4)19-24-12-8-7-9-13-24/h7-18,20,29H,19,21-22H2,1-6H3,(H,33,38)/t29-/m0/s1. The number of amides is 2. The molecule has 0 aliphatic rings.